The number of aromatic nitrogens is 2. The van der Waals surface area contributed by atoms with Crippen LogP contribution in [0.15, 0.2) is 4.52 Å². The number of hydrogen-bond acceptors (Lipinski definition) is 6. The Hall–Kier alpha value is -1.47. The lowest BCUT2D eigenvalue weighted by molar-refractivity contribution is -0.144. The summed E-state index contributed by atoms with van der Waals surface area (Å²) >= 11 is 0. The molecular formula is C14H22N4O3. The third-order valence-corrected chi connectivity index (χ3v) is 4.52. The molecule has 1 atom stereocenters. The highest BCUT2D eigenvalue weighted by atomic mass is 16.5. The Morgan fingerprint density at radius 3 is 3.05 bits per heavy atom. The molecule has 1 aromatic rings. The molecule has 0 saturated carbocycles. The smallest absolute Gasteiger partial charge is 0.240 e. The molecule has 3 heterocycles. The maximum Gasteiger partial charge on any atom is 0.240 e. The number of nitrogens with zero attached hydrogens (tertiary/aromatic N) is 4. The molecular weight excluding hydrogens is 272 g/mol. The van der Waals surface area contributed by atoms with E-state index in [0.29, 0.717) is 30.8 Å². The molecule has 0 aliphatic carbocycles. The first-order valence-corrected chi connectivity index (χ1v) is 7.41. The lowest BCUT2D eigenvalue weighted by Crippen LogP contribution is -2.48. The van der Waals surface area contributed by atoms with Crippen LogP contribution in [0.3, 0.4) is 0 Å². The summed E-state index contributed by atoms with van der Waals surface area (Å²) in [5, 5.41) is 3.87. The molecule has 116 valence electrons. The SMILES string of the molecule is COCc1noc(CN2CC[C@@]3(CCCN(C)C3=O)C2)n1. The van der Waals surface area contributed by atoms with Gasteiger partial charge >= 0.3 is 0 Å². The van der Waals surface area contributed by atoms with E-state index >= 15 is 0 Å². The summed E-state index contributed by atoms with van der Waals surface area (Å²) in [4.78, 5) is 20.9. The van der Waals surface area contributed by atoms with Crippen LogP contribution in [0, 0.1) is 5.41 Å². The highest BCUT2D eigenvalue weighted by Gasteiger charge is 2.47. The number of piperidine rings is 1. The highest BCUT2D eigenvalue weighted by Crippen LogP contribution is 2.39. The molecule has 7 nitrogen and oxygen atoms in total. The van der Waals surface area contributed by atoms with Crippen molar-refractivity contribution in [1.29, 1.82) is 0 Å². The molecule has 0 radical (unpaired) electrons. The fraction of sp³-hybridized carbons (Fsp3) is 0.786. The topological polar surface area (TPSA) is 71.7 Å². The van der Waals surface area contributed by atoms with Crippen LogP contribution < -0.4 is 0 Å². The van der Waals surface area contributed by atoms with E-state index in [1.807, 2.05) is 11.9 Å². The van der Waals surface area contributed by atoms with Crippen LogP contribution in [0.5, 0.6) is 0 Å². The van der Waals surface area contributed by atoms with Gasteiger partial charge in [0.1, 0.15) is 6.61 Å². The van der Waals surface area contributed by atoms with E-state index in [-0.39, 0.29) is 5.41 Å². The Labute approximate surface area is 124 Å². The van der Waals surface area contributed by atoms with Gasteiger partial charge in [-0.25, -0.2) is 0 Å². The third kappa shape index (κ3) is 2.80. The first-order chi connectivity index (χ1) is 10.1. The number of ether oxygens (including phenoxy) is 1. The average Bonchev–Trinajstić information content (AvgIpc) is 3.06. The van der Waals surface area contributed by atoms with Gasteiger partial charge in [-0.2, -0.15) is 4.98 Å². The fourth-order valence-corrected chi connectivity index (χ4v) is 3.47. The molecule has 2 aliphatic rings. The summed E-state index contributed by atoms with van der Waals surface area (Å²) in [5.41, 5.74) is -0.192. The second-order valence-corrected chi connectivity index (χ2v) is 6.11. The van der Waals surface area contributed by atoms with Crippen molar-refractivity contribution in [1.82, 2.24) is 19.9 Å². The van der Waals surface area contributed by atoms with Crippen LogP contribution in [-0.4, -0.2) is 59.6 Å². The minimum absolute atomic E-state index is 0.192. The van der Waals surface area contributed by atoms with Gasteiger partial charge in [-0.3, -0.25) is 9.69 Å². The largest absolute Gasteiger partial charge is 0.377 e. The van der Waals surface area contributed by atoms with Gasteiger partial charge in [0.15, 0.2) is 5.82 Å². The average molecular weight is 294 g/mol. The van der Waals surface area contributed by atoms with Gasteiger partial charge in [0.05, 0.1) is 12.0 Å². The number of amides is 1. The standard InChI is InChI=1S/C14H22N4O3/c1-17-6-3-4-14(13(17)19)5-7-18(10-14)8-12-15-11(9-20-2)16-21-12/h3-10H2,1-2H3/t14-/m0/s1. The predicted octanol–water partition coefficient (Wildman–Crippen LogP) is 0.660. The van der Waals surface area contributed by atoms with E-state index in [0.717, 1.165) is 38.9 Å². The molecule has 0 N–H and O–H groups in total. The molecule has 0 unspecified atom stereocenters. The van der Waals surface area contributed by atoms with Crippen LogP contribution in [0.2, 0.25) is 0 Å². The van der Waals surface area contributed by atoms with Crippen molar-refractivity contribution in [2.75, 3.05) is 33.8 Å². The highest BCUT2D eigenvalue weighted by molar-refractivity contribution is 5.83. The number of methoxy groups -OCH3 is 1. The quantitative estimate of drug-likeness (QED) is 0.812. The molecule has 21 heavy (non-hydrogen) atoms. The van der Waals surface area contributed by atoms with Crippen LogP contribution in [0.1, 0.15) is 31.0 Å². The van der Waals surface area contributed by atoms with E-state index in [1.165, 1.54) is 0 Å². The third-order valence-electron chi connectivity index (χ3n) is 4.52. The van der Waals surface area contributed by atoms with Crippen molar-refractivity contribution >= 4 is 5.91 Å². The van der Waals surface area contributed by atoms with Crippen molar-refractivity contribution in [3.63, 3.8) is 0 Å². The molecule has 2 saturated heterocycles. The van der Waals surface area contributed by atoms with Crippen LogP contribution in [-0.2, 0) is 22.7 Å². The maximum absolute atomic E-state index is 12.5. The molecule has 1 aromatic heterocycles. The second-order valence-electron chi connectivity index (χ2n) is 6.11. The second kappa shape index (κ2) is 5.73. The number of carbonyl (C=O) groups is 1. The lowest BCUT2D eigenvalue weighted by atomic mass is 9.78. The molecule has 2 aliphatic heterocycles. The summed E-state index contributed by atoms with van der Waals surface area (Å²) in [6.07, 6.45) is 3.01. The number of rotatable bonds is 4. The van der Waals surface area contributed by atoms with Gasteiger partial charge in [0.25, 0.3) is 0 Å². The van der Waals surface area contributed by atoms with Gasteiger partial charge in [-0.1, -0.05) is 5.16 Å². The Kier molecular flexibility index (Phi) is 3.95. The number of likely N-dealkylation sites (tertiary alicyclic amines) is 2. The maximum atomic E-state index is 12.5. The van der Waals surface area contributed by atoms with E-state index in [2.05, 4.69) is 15.0 Å². The minimum atomic E-state index is -0.192. The molecule has 1 amide bonds. The molecule has 3 rings (SSSR count). The van der Waals surface area contributed by atoms with Gasteiger partial charge < -0.3 is 14.2 Å². The van der Waals surface area contributed by atoms with Crippen molar-refractivity contribution < 1.29 is 14.1 Å². The predicted molar refractivity (Wildman–Crippen MR) is 74.2 cm³/mol. The zero-order valence-corrected chi connectivity index (χ0v) is 12.7. The molecule has 7 heteroatoms. The van der Waals surface area contributed by atoms with Gasteiger partial charge in [0.2, 0.25) is 11.8 Å². The Morgan fingerprint density at radius 2 is 2.24 bits per heavy atom. The zero-order valence-electron chi connectivity index (χ0n) is 12.7. The van der Waals surface area contributed by atoms with Gasteiger partial charge in [-0.15, -0.1) is 0 Å². The Bertz CT molecular complexity index is 518. The van der Waals surface area contributed by atoms with Gasteiger partial charge in [-0.05, 0) is 25.8 Å². The number of carbonyl (C=O) groups excluding carboxylic acids is 1. The molecule has 0 aromatic carbocycles. The van der Waals surface area contributed by atoms with Crippen molar-refractivity contribution in [2.45, 2.75) is 32.4 Å². The normalized spacial score (nSPS) is 27.0. The first-order valence-electron chi connectivity index (χ1n) is 7.41. The Balaban J connectivity index is 1.62. The fourth-order valence-electron chi connectivity index (χ4n) is 3.47. The molecule has 0 bridgehead atoms. The molecule has 2 fully saturated rings. The van der Waals surface area contributed by atoms with E-state index in [9.17, 15) is 4.79 Å². The summed E-state index contributed by atoms with van der Waals surface area (Å²) in [7, 11) is 3.51. The van der Waals surface area contributed by atoms with Crippen LogP contribution in [0.25, 0.3) is 0 Å². The van der Waals surface area contributed by atoms with E-state index < -0.39 is 0 Å². The molecule has 1 spiro atoms. The summed E-state index contributed by atoms with van der Waals surface area (Å²) in [6, 6.07) is 0. The number of hydrogen-bond donors (Lipinski definition) is 0. The van der Waals surface area contributed by atoms with Gasteiger partial charge in [0, 0.05) is 27.2 Å². The van der Waals surface area contributed by atoms with Crippen LogP contribution >= 0.6 is 0 Å². The van der Waals surface area contributed by atoms with Crippen LogP contribution in [0.4, 0.5) is 0 Å². The lowest BCUT2D eigenvalue weighted by Gasteiger charge is -2.37. The summed E-state index contributed by atoms with van der Waals surface area (Å²) < 4.78 is 10.2. The van der Waals surface area contributed by atoms with E-state index in [1.54, 1.807) is 7.11 Å². The minimum Gasteiger partial charge on any atom is -0.377 e. The van der Waals surface area contributed by atoms with E-state index in [4.69, 9.17) is 9.26 Å². The summed E-state index contributed by atoms with van der Waals surface area (Å²) in [6.45, 7) is 3.54. The van der Waals surface area contributed by atoms with Crippen molar-refractivity contribution in [2.24, 2.45) is 5.41 Å². The summed E-state index contributed by atoms with van der Waals surface area (Å²) in [5.74, 6) is 1.45. The monoisotopic (exact) mass is 294 g/mol. The van der Waals surface area contributed by atoms with Crippen molar-refractivity contribution in [3.8, 4) is 0 Å². The Morgan fingerprint density at radius 1 is 1.38 bits per heavy atom. The van der Waals surface area contributed by atoms with Crippen molar-refractivity contribution in [3.05, 3.63) is 11.7 Å². The zero-order chi connectivity index (χ0) is 14.9. The first kappa shape index (κ1) is 14.5.